The quantitative estimate of drug-likeness (QED) is 0.260. The molecule has 9 nitrogen and oxygen atoms in total. The molecule has 2 heterocycles. The summed E-state index contributed by atoms with van der Waals surface area (Å²) in [5.74, 6) is 1.26. The van der Waals surface area contributed by atoms with Crippen LogP contribution in [0.25, 0.3) is 11.4 Å². The third-order valence-electron chi connectivity index (χ3n) is 7.04. The van der Waals surface area contributed by atoms with Crippen LogP contribution in [0, 0.1) is 19.8 Å². The monoisotopic (exact) mass is 539 g/mol. The van der Waals surface area contributed by atoms with Gasteiger partial charge >= 0.3 is 0 Å². The molecule has 4 rings (SSSR count). The number of carbonyl (C=O) groups is 1. The maximum absolute atomic E-state index is 13.0. The number of hydrogen-bond acceptors (Lipinski definition) is 8. The fourth-order valence-electron chi connectivity index (χ4n) is 5.04. The fraction of sp³-hybridized carbons (Fsp3) is 0.500. The molecular weight excluding hydrogens is 502 g/mol. The van der Waals surface area contributed by atoms with Crippen molar-refractivity contribution in [3.63, 3.8) is 0 Å². The molecule has 204 valence electrons. The topological polar surface area (TPSA) is 116 Å². The molecule has 10 heteroatoms. The van der Waals surface area contributed by atoms with Gasteiger partial charge in [-0.1, -0.05) is 12.8 Å². The molecule has 3 aromatic rings. The lowest BCUT2D eigenvalue weighted by Crippen LogP contribution is -2.29. The van der Waals surface area contributed by atoms with Crippen molar-refractivity contribution in [1.29, 1.82) is 0 Å². The zero-order valence-corrected chi connectivity index (χ0v) is 23.4. The molecule has 0 radical (unpaired) electrons. The molecule has 0 bridgehead atoms. The number of imidazole rings is 1. The number of hydrogen-bond donors (Lipinski definition) is 1. The molecule has 38 heavy (non-hydrogen) atoms. The van der Waals surface area contributed by atoms with E-state index in [1.165, 1.54) is 0 Å². The van der Waals surface area contributed by atoms with Crippen LogP contribution in [0.4, 0.5) is 11.6 Å². The minimum Gasteiger partial charge on any atom is -0.377 e. The van der Waals surface area contributed by atoms with Gasteiger partial charge in [-0.3, -0.25) is 0 Å². The zero-order chi connectivity index (χ0) is 27.3. The van der Waals surface area contributed by atoms with Gasteiger partial charge in [0.1, 0.15) is 12.1 Å². The van der Waals surface area contributed by atoms with Crippen molar-refractivity contribution in [2.75, 3.05) is 17.7 Å². The number of anilines is 2. The number of aromatic nitrogens is 4. The minimum absolute atomic E-state index is 0.00814. The van der Waals surface area contributed by atoms with Gasteiger partial charge in [0, 0.05) is 30.5 Å². The Morgan fingerprint density at radius 2 is 1.95 bits per heavy atom. The van der Waals surface area contributed by atoms with Gasteiger partial charge in [-0.25, -0.2) is 23.4 Å². The highest BCUT2D eigenvalue weighted by Gasteiger charge is 2.25. The van der Waals surface area contributed by atoms with Crippen LogP contribution in [0.15, 0.2) is 41.6 Å². The molecule has 1 N–H and O–H groups in total. The van der Waals surface area contributed by atoms with Crippen molar-refractivity contribution in [2.24, 2.45) is 5.92 Å². The van der Waals surface area contributed by atoms with Crippen molar-refractivity contribution in [1.82, 2.24) is 19.5 Å². The van der Waals surface area contributed by atoms with Crippen LogP contribution in [-0.2, 0) is 19.4 Å². The van der Waals surface area contributed by atoms with Crippen LogP contribution in [-0.4, -0.2) is 52.7 Å². The van der Waals surface area contributed by atoms with Gasteiger partial charge in [0.05, 0.1) is 34.3 Å². The maximum atomic E-state index is 13.0. The maximum Gasteiger partial charge on any atom is 0.227 e. The van der Waals surface area contributed by atoms with E-state index in [0.717, 1.165) is 60.4 Å². The second kappa shape index (κ2) is 12.2. The molecule has 0 saturated heterocycles. The first-order valence-electron chi connectivity index (χ1n) is 13.2. The van der Waals surface area contributed by atoms with Gasteiger partial charge in [0.25, 0.3) is 0 Å². The first-order valence-corrected chi connectivity index (χ1v) is 14.9. The number of sulfone groups is 1. The van der Waals surface area contributed by atoms with Gasteiger partial charge in [0.2, 0.25) is 5.95 Å². The van der Waals surface area contributed by atoms with Crippen molar-refractivity contribution in [3.8, 4) is 11.4 Å². The Morgan fingerprint density at radius 3 is 2.68 bits per heavy atom. The van der Waals surface area contributed by atoms with Crippen molar-refractivity contribution < 1.29 is 17.9 Å². The van der Waals surface area contributed by atoms with E-state index in [0.29, 0.717) is 19.0 Å². The van der Waals surface area contributed by atoms with E-state index in [2.05, 4.69) is 38.7 Å². The normalized spacial score (nSPS) is 18.0. The summed E-state index contributed by atoms with van der Waals surface area (Å²) in [6.07, 6.45) is 8.58. The highest BCUT2D eigenvalue weighted by Crippen LogP contribution is 2.27. The van der Waals surface area contributed by atoms with Crippen molar-refractivity contribution >= 4 is 27.8 Å². The van der Waals surface area contributed by atoms with E-state index in [1.54, 1.807) is 24.4 Å². The summed E-state index contributed by atoms with van der Waals surface area (Å²) in [4.78, 5) is 25.0. The number of nitrogens with zero attached hydrogens (tertiary/aromatic N) is 4. The summed E-state index contributed by atoms with van der Waals surface area (Å²) >= 11 is 0. The van der Waals surface area contributed by atoms with Crippen LogP contribution in [0.2, 0.25) is 0 Å². The number of aldehydes is 1. The van der Waals surface area contributed by atoms with E-state index in [4.69, 9.17) is 4.74 Å². The predicted octanol–water partition coefficient (Wildman–Crippen LogP) is 5.22. The molecule has 0 spiro atoms. The van der Waals surface area contributed by atoms with E-state index in [-0.39, 0.29) is 28.7 Å². The van der Waals surface area contributed by atoms with Crippen LogP contribution in [0.3, 0.4) is 0 Å². The molecule has 0 aliphatic heterocycles. The molecule has 2 aromatic heterocycles. The Balaban J connectivity index is 1.40. The van der Waals surface area contributed by atoms with Gasteiger partial charge in [0.15, 0.2) is 9.84 Å². The predicted molar refractivity (Wildman–Crippen MR) is 147 cm³/mol. The fourth-order valence-corrected chi connectivity index (χ4v) is 6.40. The van der Waals surface area contributed by atoms with E-state index >= 15 is 0 Å². The Kier molecular flexibility index (Phi) is 8.94. The standard InChI is InChI=1S/C28H37N5O4S/c1-19(2)33-21(4)30-17-26(33)25-12-13-29-28(32-25)31-24-11-10-23(16-20(24)3)38(35,36)15-7-14-37-27-9-6-5-8-22(27)18-34/h10-13,16-19,22,27H,5-9,14-15H2,1-4H3,(H,29,31,32). The summed E-state index contributed by atoms with van der Waals surface area (Å²) in [7, 11) is -3.47. The molecule has 1 saturated carbocycles. The SMILES string of the molecule is Cc1cc(S(=O)(=O)CCCOC2CCCCC2C=O)ccc1Nc1nccc(-c2cnc(C)n2C(C)C)n1. The number of aryl methyl sites for hydroxylation is 2. The highest BCUT2D eigenvalue weighted by molar-refractivity contribution is 7.91. The van der Waals surface area contributed by atoms with E-state index in [1.807, 2.05) is 26.1 Å². The third kappa shape index (κ3) is 6.47. The van der Waals surface area contributed by atoms with Crippen molar-refractivity contribution in [2.45, 2.75) is 76.8 Å². The molecule has 1 aromatic carbocycles. The first-order chi connectivity index (χ1) is 18.2. The van der Waals surface area contributed by atoms with Crippen LogP contribution < -0.4 is 5.32 Å². The average molecular weight is 540 g/mol. The smallest absolute Gasteiger partial charge is 0.227 e. The molecule has 0 amide bonds. The summed E-state index contributed by atoms with van der Waals surface area (Å²) in [5.41, 5.74) is 3.17. The molecule has 1 aliphatic carbocycles. The zero-order valence-electron chi connectivity index (χ0n) is 22.6. The Labute approximate surface area is 225 Å². The summed E-state index contributed by atoms with van der Waals surface area (Å²) < 4.78 is 33.9. The largest absolute Gasteiger partial charge is 0.377 e. The second-order valence-electron chi connectivity index (χ2n) is 10.2. The van der Waals surface area contributed by atoms with Crippen molar-refractivity contribution in [3.05, 3.63) is 48.0 Å². The van der Waals surface area contributed by atoms with E-state index in [9.17, 15) is 13.2 Å². The minimum atomic E-state index is -3.47. The molecule has 2 unspecified atom stereocenters. The lowest BCUT2D eigenvalue weighted by Gasteiger charge is -2.27. The molecule has 1 aliphatic rings. The average Bonchev–Trinajstić information content (AvgIpc) is 3.30. The lowest BCUT2D eigenvalue weighted by atomic mass is 9.87. The summed E-state index contributed by atoms with van der Waals surface area (Å²) in [5, 5.41) is 3.22. The first kappa shape index (κ1) is 27.9. The number of carbonyl (C=O) groups excluding carboxylic acids is 1. The molecule has 2 atom stereocenters. The van der Waals surface area contributed by atoms with Crippen LogP contribution in [0.1, 0.15) is 63.4 Å². The van der Waals surface area contributed by atoms with Crippen LogP contribution >= 0.6 is 0 Å². The number of rotatable bonds is 11. The third-order valence-corrected chi connectivity index (χ3v) is 8.84. The van der Waals surface area contributed by atoms with Gasteiger partial charge < -0.3 is 19.4 Å². The van der Waals surface area contributed by atoms with E-state index < -0.39 is 9.84 Å². The Bertz CT molecular complexity index is 1370. The summed E-state index contributed by atoms with van der Waals surface area (Å²) in [6, 6.07) is 7.11. The summed E-state index contributed by atoms with van der Waals surface area (Å²) in [6.45, 7) is 8.36. The lowest BCUT2D eigenvalue weighted by molar-refractivity contribution is -0.118. The number of ether oxygens (including phenoxy) is 1. The number of nitrogens with one attached hydrogen (secondary N) is 1. The molecule has 1 fully saturated rings. The Hall–Kier alpha value is -3.11. The molecular formula is C28H37N5O4S. The second-order valence-corrected chi connectivity index (χ2v) is 12.3. The van der Waals surface area contributed by atoms with Gasteiger partial charge in [-0.15, -0.1) is 0 Å². The highest BCUT2D eigenvalue weighted by atomic mass is 32.2. The Morgan fingerprint density at radius 1 is 1.16 bits per heavy atom. The number of benzene rings is 1. The van der Waals surface area contributed by atoms with Gasteiger partial charge in [-0.05, 0) is 76.8 Å². The van der Waals surface area contributed by atoms with Crippen LogP contribution in [0.5, 0.6) is 0 Å². The van der Waals surface area contributed by atoms with Gasteiger partial charge in [-0.2, -0.15) is 0 Å².